The predicted octanol–water partition coefficient (Wildman–Crippen LogP) is 0.678. The van der Waals surface area contributed by atoms with Crippen LogP contribution < -0.4 is 10.6 Å². The second-order valence-corrected chi connectivity index (χ2v) is 6.97. The maximum atomic E-state index is 12.6. The fraction of sp³-hybridized carbons (Fsp3) is 0.412. The van der Waals surface area contributed by atoms with Gasteiger partial charge in [0.05, 0.1) is 6.04 Å². The van der Waals surface area contributed by atoms with E-state index >= 15 is 0 Å². The average Bonchev–Trinajstić information content (AvgIpc) is 3.09. The molecular weight excluding hydrogens is 358 g/mol. The number of rotatable bonds is 6. The molecule has 2 rings (SSSR count). The molecule has 1 fully saturated rings. The molecule has 1 aromatic rings. The third-order valence-corrected chi connectivity index (χ3v) is 4.83. The van der Waals surface area contributed by atoms with Crippen molar-refractivity contribution < 1.29 is 24.3 Å². The quantitative estimate of drug-likeness (QED) is 0.665. The lowest BCUT2D eigenvalue weighted by Crippen LogP contribution is -2.54. The van der Waals surface area contributed by atoms with Gasteiger partial charge in [-0.3, -0.25) is 24.6 Å². The summed E-state index contributed by atoms with van der Waals surface area (Å²) >= 11 is 1.52. The SMILES string of the molecule is CC(=O)Nc1ccc(C[C@@H](C(=O)O)N(C(C)=O)C(=O)[C@@H]2CSCN2)cc1. The highest BCUT2D eigenvalue weighted by Crippen LogP contribution is 2.18. The first-order valence-electron chi connectivity index (χ1n) is 8.03. The minimum Gasteiger partial charge on any atom is -0.480 e. The van der Waals surface area contributed by atoms with E-state index < -0.39 is 29.9 Å². The van der Waals surface area contributed by atoms with Gasteiger partial charge in [-0.15, -0.1) is 11.8 Å². The van der Waals surface area contributed by atoms with Crippen LogP contribution in [-0.2, 0) is 25.6 Å². The van der Waals surface area contributed by atoms with Crippen molar-refractivity contribution in [3.8, 4) is 0 Å². The second kappa shape index (κ2) is 8.81. The number of hydrogen-bond acceptors (Lipinski definition) is 6. The molecule has 0 unspecified atom stereocenters. The Bertz CT molecular complexity index is 701. The van der Waals surface area contributed by atoms with Crippen LogP contribution in [0.1, 0.15) is 19.4 Å². The Hall–Kier alpha value is -2.39. The van der Waals surface area contributed by atoms with Crippen molar-refractivity contribution in [2.75, 3.05) is 16.9 Å². The normalized spacial score (nSPS) is 17.4. The molecule has 1 aliphatic rings. The summed E-state index contributed by atoms with van der Waals surface area (Å²) in [6.07, 6.45) is -0.0130. The lowest BCUT2D eigenvalue weighted by Gasteiger charge is -2.28. The number of amides is 3. The van der Waals surface area contributed by atoms with Crippen LogP contribution in [0.25, 0.3) is 0 Å². The maximum Gasteiger partial charge on any atom is 0.327 e. The van der Waals surface area contributed by atoms with Crippen molar-refractivity contribution in [3.05, 3.63) is 29.8 Å². The van der Waals surface area contributed by atoms with Crippen LogP contribution in [0, 0.1) is 0 Å². The van der Waals surface area contributed by atoms with E-state index in [0.29, 0.717) is 22.9 Å². The monoisotopic (exact) mass is 379 g/mol. The highest BCUT2D eigenvalue weighted by atomic mass is 32.2. The van der Waals surface area contributed by atoms with E-state index in [1.807, 2.05) is 0 Å². The lowest BCUT2D eigenvalue weighted by atomic mass is 10.0. The topological polar surface area (TPSA) is 116 Å². The number of nitrogens with one attached hydrogen (secondary N) is 2. The van der Waals surface area contributed by atoms with E-state index in [1.165, 1.54) is 25.6 Å². The number of hydrogen-bond donors (Lipinski definition) is 3. The summed E-state index contributed by atoms with van der Waals surface area (Å²) in [4.78, 5) is 48.3. The minimum absolute atomic E-state index is 0.0130. The number of anilines is 1. The Morgan fingerprint density at radius 1 is 1.27 bits per heavy atom. The Morgan fingerprint density at radius 2 is 1.92 bits per heavy atom. The van der Waals surface area contributed by atoms with Gasteiger partial charge < -0.3 is 10.4 Å². The minimum atomic E-state index is -1.29. The third-order valence-electron chi connectivity index (χ3n) is 3.89. The van der Waals surface area contributed by atoms with Gasteiger partial charge in [0.25, 0.3) is 0 Å². The molecule has 0 aliphatic carbocycles. The van der Waals surface area contributed by atoms with Crippen LogP contribution in [0.5, 0.6) is 0 Å². The first-order valence-corrected chi connectivity index (χ1v) is 9.19. The largest absolute Gasteiger partial charge is 0.480 e. The summed E-state index contributed by atoms with van der Waals surface area (Å²) in [7, 11) is 0. The number of imide groups is 1. The number of carboxylic acid groups (broad SMARTS) is 1. The van der Waals surface area contributed by atoms with Gasteiger partial charge in [0.1, 0.15) is 6.04 Å². The molecular formula is C17H21N3O5S. The van der Waals surface area contributed by atoms with E-state index in [-0.39, 0.29) is 12.3 Å². The van der Waals surface area contributed by atoms with Gasteiger partial charge in [0, 0.05) is 37.6 Å². The molecule has 0 radical (unpaired) electrons. The standard InChI is InChI=1S/C17H21N3O5S/c1-10(21)19-13-5-3-12(4-6-13)7-15(17(24)25)20(11(2)22)16(23)14-8-26-9-18-14/h3-6,14-15,18H,7-9H2,1-2H3,(H,19,21)(H,24,25)/t14-,15-/m0/s1. The van der Waals surface area contributed by atoms with Crippen LogP contribution in [-0.4, -0.2) is 57.4 Å². The Morgan fingerprint density at radius 3 is 2.38 bits per heavy atom. The van der Waals surface area contributed by atoms with Crippen molar-refractivity contribution in [3.63, 3.8) is 0 Å². The van der Waals surface area contributed by atoms with E-state index in [0.717, 1.165) is 4.90 Å². The average molecular weight is 379 g/mol. The summed E-state index contributed by atoms with van der Waals surface area (Å²) in [5.41, 5.74) is 1.22. The molecule has 3 amide bonds. The summed E-state index contributed by atoms with van der Waals surface area (Å²) in [6, 6.07) is 4.75. The highest BCUT2D eigenvalue weighted by molar-refractivity contribution is 7.99. The van der Waals surface area contributed by atoms with Crippen LogP contribution in [0.2, 0.25) is 0 Å². The van der Waals surface area contributed by atoms with Gasteiger partial charge in [-0.2, -0.15) is 0 Å². The zero-order chi connectivity index (χ0) is 19.3. The molecule has 140 valence electrons. The van der Waals surface area contributed by atoms with Gasteiger partial charge in [0.15, 0.2) is 0 Å². The molecule has 1 aromatic carbocycles. The second-order valence-electron chi connectivity index (χ2n) is 5.94. The smallest absolute Gasteiger partial charge is 0.327 e. The van der Waals surface area contributed by atoms with E-state index in [2.05, 4.69) is 10.6 Å². The zero-order valence-electron chi connectivity index (χ0n) is 14.5. The van der Waals surface area contributed by atoms with Crippen molar-refractivity contribution in [2.45, 2.75) is 32.4 Å². The number of carboxylic acids is 1. The fourth-order valence-corrected chi connectivity index (χ4v) is 3.62. The number of carbonyl (C=O) groups excluding carboxylic acids is 3. The first kappa shape index (κ1) is 19.9. The molecule has 0 bridgehead atoms. The van der Waals surface area contributed by atoms with Crippen LogP contribution in [0.4, 0.5) is 5.69 Å². The first-order chi connectivity index (χ1) is 12.3. The fourth-order valence-electron chi connectivity index (χ4n) is 2.69. The summed E-state index contributed by atoms with van der Waals surface area (Å²) in [5.74, 6) is -1.49. The van der Waals surface area contributed by atoms with Crippen molar-refractivity contribution >= 4 is 41.1 Å². The number of benzene rings is 1. The van der Waals surface area contributed by atoms with E-state index in [4.69, 9.17) is 0 Å². The summed E-state index contributed by atoms with van der Waals surface area (Å²) in [6.45, 7) is 2.58. The molecule has 1 aliphatic heterocycles. The van der Waals surface area contributed by atoms with Gasteiger partial charge in [-0.1, -0.05) is 12.1 Å². The van der Waals surface area contributed by atoms with Crippen molar-refractivity contribution in [1.82, 2.24) is 10.2 Å². The van der Waals surface area contributed by atoms with E-state index in [1.54, 1.807) is 24.3 Å². The molecule has 0 spiro atoms. The zero-order valence-corrected chi connectivity index (χ0v) is 15.3. The number of aliphatic carboxylic acids is 1. The maximum absolute atomic E-state index is 12.6. The van der Waals surface area contributed by atoms with Crippen LogP contribution >= 0.6 is 11.8 Å². The Kier molecular flexibility index (Phi) is 6.76. The molecule has 1 saturated heterocycles. The Labute approximate surface area is 155 Å². The van der Waals surface area contributed by atoms with Crippen molar-refractivity contribution in [1.29, 1.82) is 0 Å². The summed E-state index contributed by atoms with van der Waals surface area (Å²) < 4.78 is 0. The molecule has 26 heavy (non-hydrogen) atoms. The summed E-state index contributed by atoms with van der Waals surface area (Å²) in [5, 5.41) is 15.2. The van der Waals surface area contributed by atoms with Gasteiger partial charge >= 0.3 is 5.97 Å². The Balaban J connectivity index is 2.19. The van der Waals surface area contributed by atoms with E-state index in [9.17, 15) is 24.3 Å². The third kappa shape index (κ3) is 5.06. The van der Waals surface area contributed by atoms with Crippen molar-refractivity contribution in [2.24, 2.45) is 0 Å². The van der Waals surface area contributed by atoms with Gasteiger partial charge in [0.2, 0.25) is 17.7 Å². The molecule has 0 aromatic heterocycles. The number of nitrogens with zero attached hydrogens (tertiary/aromatic N) is 1. The molecule has 1 heterocycles. The lowest BCUT2D eigenvalue weighted by molar-refractivity contribution is -0.157. The highest BCUT2D eigenvalue weighted by Gasteiger charge is 2.37. The number of carbonyl (C=O) groups is 4. The number of thioether (sulfide) groups is 1. The predicted molar refractivity (Wildman–Crippen MR) is 97.6 cm³/mol. The molecule has 2 atom stereocenters. The van der Waals surface area contributed by atoms with Crippen LogP contribution in [0.15, 0.2) is 24.3 Å². The molecule has 3 N–H and O–H groups in total. The molecule has 0 saturated carbocycles. The van der Waals surface area contributed by atoms with Crippen LogP contribution in [0.3, 0.4) is 0 Å². The molecule has 9 heteroatoms. The van der Waals surface area contributed by atoms with Gasteiger partial charge in [-0.25, -0.2) is 4.79 Å². The molecule has 8 nitrogen and oxygen atoms in total. The van der Waals surface area contributed by atoms with Gasteiger partial charge in [-0.05, 0) is 17.7 Å².